The maximum Gasteiger partial charge on any atom is 0.191 e. The van der Waals surface area contributed by atoms with E-state index in [-0.39, 0.29) is 0 Å². The van der Waals surface area contributed by atoms with Crippen molar-refractivity contribution in [1.29, 1.82) is 0 Å². The standard InChI is InChI=1S/C23H39N5/c1-20-7-5-15-27(18-20)16-6-12-25-23(24-2)26-17-21-8-10-22(11-9-21)19-28-13-3-4-14-28/h8-11,20H,3-7,12-19H2,1-2H3,(H2,24,25,26). The van der Waals surface area contributed by atoms with Crippen LogP contribution >= 0.6 is 0 Å². The molecule has 0 amide bonds. The predicted octanol–water partition coefficient (Wildman–Crippen LogP) is 3.07. The van der Waals surface area contributed by atoms with Gasteiger partial charge in [0, 0.05) is 33.2 Å². The van der Waals surface area contributed by atoms with Crippen molar-refractivity contribution in [3.8, 4) is 0 Å². The lowest BCUT2D eigenvalue weighted by Crippen LogP contribution is -2.39. The first-order chi connectivity index (χ1) is 13.7. The zero-order valence-electron chi connectivity index (χ0n) is 17.9. The van der Waals surface area contributed by atoms with Crippen LogP contribution in [0.1, 0.15) is 50.2 Å². The molecule has 0 bridgehead atoms. The summed E-state index contributed by atoms with van der Waals surface area (Å²) in [4.78, 5) is 9.51. The molecule has 2 fully saturated rings. The van der Waals surface area contributed by atoms with Gasteiger partial charge in [0.05, 0.1) is 0 Å². The van der Waals surface area contributed by atoms with Crippen LogP contribution in [0.2, 0.25) is 0 Å². The second kappa shape index (κ2) is 11.4. The first kappa shape index (κ1) is 21.1. The van der Waals surface area contributed by atoms with Crippen LogP contribution in [0.25, 0.3) is 0 Å². The molecule has 0 spiro atoms. The summed E-state index contributed by atoms with van der Waals surface area (Å²) in [5.41, 5.74) is 2.72. The minimum Gasteiger partial charge on any atom is -0.356 e. The van der Waals surface area contributed by atoms with Gasteiger partial charge in [0.2, 0.25) is 0 Å². The molecule has 0 saturated carbocycles. The number of rotatable bonds is 8. The monoisotopic (exact) mass is 385 g/mol. The van der Waals surface area contributed by atoms with Gasteiger partial charge in [-0.15, -0.1) is 0 Å². The van der Waals surface area contributed by atoms with Crippen LogP contribution in [-0.4, -0.2) is 62.1 Å². The van der Waals surface area contributed by atoms with Crippen LogP contribution in [0.15, 0.2) is 29.3 Å². The summed E-state index contributed by atoms with van der Waals surface area (Å²) in [5, 5.41) is 6.89. The number of nitrogens with zero attached hydrogens (tertiary/aromatic N) is 3. The highest BCUT2D eigenvalue weighted by Crippen LogP contribution is 2.15. The maximum absolute atomic E-state index is 4.36. The van der Waals surface area contributed by atoms with Gasteiger partial charge >= 0.3 is 0 Å². The molecule has 0 aliphatic carbocycles. The molecule has 2 saturated heterocycles. The highest BCUT2D eigenvalue weighted by Gasteiger charge is 2.15. The number of benzene rings is 1. The molecular weight excluding hydrogens is 346 g/mol. The summed E-state index contributed by atoms with van der Waals surface area (Å²) < 4.78 is 0. The molecule has 28 heavy (non-hydrogen) atoms. The topological polar surface area (TPSA) is 42.9 Å². The Morgan fingerprint density at radius 3 is 2.43 bits per heavy atom. The molecule has 0 radical (unpaired) electrons. The Balaban J connectivity index is 1.32. The SMILES string of the molecule is CN=C(NCCCN1CCCC(C)C1)NCc1ccc(CN2CCCC2)cc1. The molecule has 2 heterocycles. The second-order valence-corrected chi connectivity index (χ2v) is 8.55. The van der Waals surface area contributed by atoms with Gasteiger partial charge in [-0.25, -0.2) is 0 Å². The highest BCUT2D eigenvalue weighted by molar-refractivity contribution is 5.79. The lowest BCUT2D eigenvalue weighted by atomic mass is 10.0. The van der Waals surface area contributed by atoms with Gasteiger partial charge < -0.3 is 15.5 Å². The average Bonchev–Trinajstić information content (AvgIpc) is 3.22. The number of nitrogens with one attached hydrogen (secondary N) is 2. The minimum atomic E-state index is 0.813. The van der Waals surface area contributed by atoms with Crippen molar-refractivity contribution in [3.05, 3.63) is 35.4 Å². The third kappa shape index (κ3) is 7.10. The molecule has 1 aromatic carbocycles. The fourth-order valence-electron chi connectivity index (χ4n) is 4.37. The number of hydrogen-bond donors (Lipinski definition) is 2. The van der Waals surface area contributed by atoms with Crippen molar-refractivity contribution in [1.82, 2.24) is 20.4 Å². The summed E-state index contributed by atoms with van der Waals surface area (Å²) in [6.07, 6.45) is 6.62. The summed E-state index contributed by atoms with van der Waals surface area (Å²) in [6.45, 7) is 11.5. The minimum absolute atomic E-state index is 0.813. The molecular formula is C23H39N5. The quantitative estimate of drug-likeness (QED) is 0.410. The van der Waals surface area contributed by atoms with Crippen molar-refractivity contribution < 1.29 is 0 Å². The Hall–Kier alpha value is -1.59. The Morgan fingerprint density at radius 2 is 1.71 bits per heavy atom. The second-order valence-electron chi connectivity index (χ2n) is 8.55. The van der Waals surface area contributed by atoms with Gasteiger partial charge in [-0.3, -0.25) is 9.89 Å². The number of piperidine rings is 1. The van der Waals surface area contributed by atoms with Gasteiger partial charge in [0.1, 0.15) is 0 Å². The van der Waals surface area contributed by atoms with E-state index in [9.17, 15) is 0 Å². The van der Waals surface area contributed by atoms with Crippen LogP contribution < -0.4 is 10.6 Å². The molecule has 5 nitrogen and oxygen atoms in total. The van der Waals surface area contributed by atoms with E-state index in [1.807, 2.05) is 7.05 Å². The number of likely N-dealkylation sites (tertiary alicyclic amines) is 2. The zero-order valence-corrected chi connectivity index (χ0v) is 17.9. The fraction of sp³-hybridized carbons (Fsp3) is 0.696. The molecule has 2 aliphatic heterocycles. The van der Waals surface area contributed by atoms with E-state index in [4.69, 9.17) is 0 Å². The lowest BCUT2D eigenvalue weighted by molar-refractivity contribution is 0.182. The van der Waals surface area contributed by atoms with E-state index in [0.717, 1.165) is 31.5 Å². The van der Waals surface area contributed by atoms with Gasteiger partial charge in [0.25, 0.3) is 0 Å². The molecule has 1 aromatic rings. The smallest absolute Gasteiger partial charge is 0.191 e. The van der Waals surface area contributed by atoms with Gasteiger partial charge in [-0.05, 0) is 75.3 Å². The lowest BCUT2D eigenvalue weighted by Gasteiger charge is -2.30. The number of guanidine groups is 1. The van der Waals surface area contributed by atoms with E-state index in [1.165, 1.54) is 76.0 Å². The van der Waals surface area contributed by atoms with Crippen LogP contribution in [0.4, 0.5) is 0 Å². The van der Waals surface area contributed by atoms with Crippen molar-refractivity contribution in [2.45, 2.75) is 52.1 Å². The van der Waals surface area contributed by atoms with Crippen molar-refractivity contribution in [2.24, 2.45) is 10.9 Å². The largest absolute Gasteiger partial charge is 0.356 e. The summed E-state index contributed by atoms with van der Waals surface area (Å²) in [6, 6.07) is 9.02. The number of aliphatic imine (C=N–C) groups is 1. The molecule has 0 aromatic heterocycles. The van der Waals surface area contributed by atoms with Crippen molar-refractivity contribution in [2.75, 3.05) is 46.3 Å². The van der Waals surface area contributed by atoms with Gasteiger partial charge in [0.15, 0.2) is 5.96 Å². The van der Waals surface area contributed by atoms with Gasteiger partial charge in [-0.1, -0.05) is 31.2 Å². The molecule has 5 heteroatoms. The summed E-state index contributed by atoms with van der Waals surface area (Å²) in [5.74, 6) is 1.76. The summed E-state index contributed by atoms with van der Waals surface area (Å²) in [7, 11) is 1.85. The third-order valence-corrected chi connectivity index (χ3v) is 6.00. The molecule has 3 rings (SSSR count). The highest BCUT2D eigenvalue weighted by atomic mass is 15.2. The first-order valence-electron chi connectivity index (χ1n) is 11.2. The first-order valence-corrected chi connectivity index (χ1v) is 11.2. The Bertz CT molecular complexity index is 592. The summed E-state index contributed by atoms with van der Waals surface area (Å²) >= 11 is 0. The van der Waals surface area contributed by atoms with Crippen molar-refractivity contribution in [3.63, 3.8) is 0 Å². The Morgan fingerprint density at radius 1 is 1.00 bits per heavy atom. The normalized spacial score (nSPS) is 21.8. The van der Waals surface area contributed by atoms with E-state index >= 15 is 0 Å². The third-order valence-electron chi connectivity index (χ3n) is 6.00. The maximum atomic E-state index is 4.36. The Kier molecular flexibility index (Phi) is 8.62. The fourth-order valence-corrected chi connectivity index (χ4v) is 4.37. The molecule has 156 valence electrons. The Labute approximate surface area is 171 Å². The van der Waals surface area contributed by atoms with Crippen LogP contribution in [0.5, 0.6) is 0 Å². The van der Waals surface area contributed by atoms with Crippen molar-refractivity contribution >= 4 is 5.96 Å². The molecule has 2 aliphatic rings. The van der Waals surface area contributed by atoms with Gasteiger partial charge in [-0.2, -0.15) is 0 Å². The van der Waals surface area contributed by atoms with Crippen LogP contribution in [-0.2, 0) is 13.1 Å². The zero-order chi connectivity index (χ0) is 19.6. The van der Waals surface area contributed by atoms with Crippen LogP contribution in [0.3, 0.4) is 0 Å². The predicted molar refractivity (Wildman–Crippen MR) is 119 cm³/mol. The van der Waals surface area contributed by atoms with E-state index in [0.29, 0.717) is 0 Å². The molecule has 1 unspecified atom stereocenters. The van der Waals surface area contributed by atoms with E-state index in [1.54, 1.807) is 0 Å². The average molecular weight is 386 g/mol. The molecule has 1 atom stereocenters. The van der Waals surface area contributed by atoms with E-state index < -0.39 is 0 Å². The van der Waals surface area contributed by atoms with Crippen LogP contribution in [0, 0.1) is 5.92 Å². The van der Waals surface area contributed by atoms with E-state index in [2.05, 4.69) is 56.6 Å². The molecule has 2 N–H and O–H groups in total. The number of hydrogen-bond acceptors (Lipinski definition) is 3.